The van der Waals surface area contributed by atoms with Crippen LogP contribution in [0.2, 0.25) is 0 Å². The van der Waals surface area contributed by atoms with E-state index < -0.39 is 5.95 Å². The molecule has 0 aliphatic heterocycles. The number of nitrogens with zero attached hydrogens (tertiary/aromatic N) is 2. The van der Waals surface area contributed by atoms with E-state index in [0.717, 1.165) is 18.4 Å². The van der Waals surface area contributed by atoms with Gasteiger partial charge in [-0.3, -0.25) is 0 Å². The van der Waals surface area contributed by atoms with Crippen LogP contribution >= 0.6 is 11.3 Å². The summed E-state index contributed by atoms with van der Waals surface area (Å²) in [6.45, 7) is 0.575. The molecule has 0 amide bonds. The maximum atomic E-state index is 14.4. The van der Waals surface area contributed by atoms with Gasteiger partial charge in [-0.05, 0) is 43.0 Å². The number of ether oxygens (including phenoxy) is 1. The monoisotopic (exact) mass is 401 g/mol. The van der Waals surface area contributed by atoms with E-state index >= 15 is 0 Å². The van der Waals surface area contributed by atoms with Crippen molar-refractivity contribution in [3.8, 4) is 17.0 Å². The molecular formula is C21H21F2N3OS. The number of hydrogen-bond donors (Lipinski definition) is 1. The third-order valence-corrected chi connectivity index (χ3v) is 5.67. The number of nitrogens with one attached hydrogen (secondary N) is 1. The van der Waals surface area contributed by atoms with Crippen LogP contribution in [0.25, 0.3) is 11.3 Å². The second kappa shape index (κ2) is 8.65. The second-order valence-corrected chi connectivity index (χ2v) is 7.85. The standard InChI is InChI=1S/C21H21F2N3OS/c22-17-10-16(7-8-19(17)27-12-14-4-2-1-3-5-14)25-21-26-18(13-28-21)15-6-9-20(23)24-11-15/h6-11,13-14H,1-5,12H2,(H,25,26). The summed E-state index contributed by atoms with van der Waals surface area (Å²) < 4.78 is 33.0. The maximum Gasteiger partial charge on any atom is 0.212 e. The van der Waals surface area contributed by atoms with Crippen molar-refractivity contribution in [3.63, 3.8) is 0 Å². The highest BCUT2D eigenvalue weighted by Crippen LogP contribution is 2.30. The number of aromatic nitrogens is 2. The maximum absolute atomic E-state index is 14.4. The number of hydrogen-bond acceptors (Lipinski definition) is 5. The minimum Gasteiger partial charge on any atom is -0.490 e. The van der Waals surface area contributed by atoms with Gasteiger partial charge in [0.15, 0.2) is 16.7 Å². The van der Waals surface area contributed by atoms with Crippen LogP contribution in [0.5, 0.6) is 5.75 Å². The number of anilines is 2. The van der Waals surface area contributed by atoms with Crippen molar-refractivity contribution in [2.45, 2.75) is 32.1 Å². The molecule has 1 aliphatic rings. The molecule has 2 aromatic heterocycles. The molecule has 1 saturated carbocycles. The summed E-state index contributed by atoms with van der Waals surface area (Å²) in [6, 6.07) is 7.76. The van der Waals surface area contributed by atoms with Gasteiger partial charge in [-0.15, -0.1) is 11.3 Å². The molecule has 1 fully saturated rings. The first-order valence-electron chi connectivity index (χ1n) is 9.44. The Morgan fingerprint density at radius 1 is 1.11 bits per heavy atom. The van der Waals surface area contributed by atoms with Gasteiger partial charge in [0, 0.05) is 28.9 Å². The van der Waals surface area contributed by atoms with Gasteiger partial charge in [0.25, 0.3) is 0 Å². The zero-order chi connectivity index (χ0) is 19.3. The van der Waals surface area contributed by atoms with Crippen molar-refractivity contribution in [1.29, 1.82) is 0 Å². The number of rotatable bonds is 6. The lowest BCUT2D eigenvalue weighted by molar-refractivity contribution is 0.202. The van der Waals surface area contributed by atoms with Crippen molar-refractivity contribution in [3.05, 3.63) is 53.7 Å². The van der Waals surface area contributed by atoms with Gasteiger partial charge in [0.2, 0.25) is 5.95 Å². The van der Waals surface area contributed by atoms with Crippen LogP contribution in [0.4, 0.5) is 19.6 Å². The fourth-order valence-corrected chi connectivity index (χ4v) is 4.11. The largest absolute Gasteiger partial charge is 0.490 e. The fourth-order valence-electron chi connectivity index (χ4n) is 3.37. The molecule has 146 valence electrons. The Bertz CT molecular complexity index is 924. The Balaban J connectivity index is 1.38. The molecule has 0 saturated heterocycles. The Hall–Kier alpha value is -2.54. The average Bonchev–Trinajstić information content (AvgIpc) is 3.17. The molecule has 0 atom stereocenters. The molecule has 4 rings (SSSR count). The normalized spacial score (nSPS) is 14.8. The van der Waals surface area contributed by atoms with Crippen molar-refractivity contribution >= 4 is 22.2 Å². The van der Waals surface area contributed by atoms with E-state index in [-0.39, 0.29) is 11.6 Å². The van der Waals surface area contributed by atoms with E-state index in [1.807, 2.05) is 5.38 Å². The van der Waals surface area contributed by atoms with Gasteiger partial charge in [0.1, 0.15) is 0 Å². The molecule has 1 aromatic carbocycles. The first-order chi connectivity index (χ1) is 13.7. The van der Waals surface area contributed by atoms with Crippen LogP contribution < -0.4 is 10.1 Å². The van der Waals surface area contributed by atoms with Crippen LogP contribution in [-0.2, 0) is 0 Å². The summed E-state index contributed by atoms with van der Waals surface area (Å²) in [6.07, 6.45) is 7.54. The van der Waals surface area contributed by atoms with Crippen LogP contribution in [0, 0.1) is 17.7 Å². The van der Waals surface area contributed by atoms with Gasteiger partial charge < -0.3 is 10.1 Å². The molecule has 0 radical (unpaired) electrons. The number of halogens is 2. The van der Waals surface area contributed by atoms with Crippen molar-refractivity contribution in [2.24, 2.45) is 5.92 Å². The Labute approximate surface area is 166 Å². The predicted octanol–water partition coefficient (Wildman–Crippen LogP) is 6.19. The average molecular weight is 401 g/mol. The van der Waals surface area contributed by atoms with Gasteiger partial charge in [-0.2, -0.15) is 4.39 Å². The number of pyridine rings is 1. The molecule has 7 heteroatoms. The van der Waals surface area contributed by atoms with E-state index in [2.05, 4.69) is 15.3 Å². The number of thiazole rings is 1. The zero-order valence-electron chi connectivity index (χ0n) is 15.3. The zero-order valence-corrected chi connectivity index (χ0v) is 16.1. The molecule has 28 heavy (non-hydrogen) atoms. The van der Waals surface area contributed by atoms with Crippen LogP contribution in [0.1, 0.15) is 32.1 Å². The van der Waals surface area contributed by atoms with E-state index in [9.17, 15) is 8.78 Å². The molecule has 2 heterocycles. The SMILES string of the molecule is Fc1ccc(-c2csc(Nc3ccc(OCC4CCCCC4)c(F)c3)n2)cn1. The number of benzene rings is 1. The van der Waals surface area contributed by atoms with Crippen molar-refractivity contribution in [1.82, 2.24) is 9.97 Å². The lowest BCUT2D eigenvalue weighted by Gasteiger charge is -2.21. The highest BCUT2D eigenvalue weighted by atomic mass is 32.1. The summed E-state index contributed by atoms with van der Waals surface area (Å²) in [7, 11) is 0. The van der Waals surface area contributed by atoms with E-state index in [1.165, 1.54) is 48.9 Å². The van der Waals surface area contributed by atoms with Crippen LogP contribution in [-0.4, -0.2) is 16.6 Å². The minimum atomic E-state index is -0.529. The topological polar surface area (TPSA) is 47.0 Å². The molecule has 1 N–H and O–H groups in total. The van der Waals surface area contributed by atoms with Crippen molar-refractivity contribution in [2.75, 3.05) is 11.9 Å². The van der Waals surface area contributed by atoms with E-state index in [4.69, 9.17) is 4.74 Å². The smallest absolute Gasteiger partial charge is 0.212 e. The van der Waals surface area contributed by atoms with E-state index in [0.29, 0.717) is 29.0 Å². The molecule has 1 aliphatic carbocycles. The lowest BCUT2D eigenvalue weighted by Crippen LogP contribution is -2.15. The summed E-state index contributed by atoms with van der Waals surface area (Å²) in [5, 5.41) is 5.56. The third kappa shape index (κ3) is 4.65. The van der Waals surface area contributed by atoms with Crippen LogP contribution in [0.3, 0.4) is 0 Å². The minimum absolute atomic E-state index is 0.285. The molecule has 0 spiro atoms. The van der Waals surface area contributed by atoms with Gasteiger partial charge in [-0.1, -0.05) is 19.3 Å². The quantitative estimate of drug-likeness (QED) is 0.501. The summed E-state index contributed by atoms with van der Waals surface area (Å²) >= 11 is 1.39. The van der Waals surface area contributed by atoms with Crippen LogP contribution in [0.15, 0.2) is 41.9 Å². The predicted molar refractivity (Wildman–Crippen MR) is 107 cm³/mol. The molecule has 4 nitrogen and oxygen atoms in total. The first kappa shape index (κ1) is 18.8. The molecule has 0 unspecified atom stereocenters. The summed E-state index contributed by atoms with van der Waals surface area (Å²) in [4.78, 5) is 8.08. The Kier molecular flexibility index (Phi) is 5.81. The third-order valence-electron chi connectivity index (χ3n) is 4.91. The van der Waals surface area contributed by atoms with E-state index in [1.54, 1.807) is 18.2 Å². The Morgan fingerprint density at radius 3 is 2.71 bits per heavy atom. The van der Waals surface area contributed by atoms with Gasteiger partial charge in [0.05, 0.1) is 12.3 Å². The Morgan fingerprint density at radius 2 is 1.96 bits per heavy atom. The second-order valence-electron chi connectivity index (χ2n) is 6.99. The van der Waals surface area contributed by atoms with Gasteiger partial charge in [-0.25, -0.2) is 14.4 Å². The molecule has 0 bridgehead atoms. The first-order valence-corrected chi connectivity index (χ1v) is 10.3. The lowest BCUT2D eigenvalue weighted by atomic mass is 9.90. The van der Waals surface area contributed by atoms with Crippen molar-refractivity contribution < 1.29 is 13.5 Å². The fraction of sp³-hybridized carbons (Fsp3) is 0.333. The molecule has 3 aromatic rings. The highest BCUT2D eigenvalue weighted by molar-refractivity contribution is 7.14. The molecular weight excluding hydrogens is 380 g/mol. The summed E-state index contributed by atoms with van der Waals surface area (Å²) in [5.74, 6) is -0.104. The highest BCUT2D eigenvalue weighted by Gasteiger charge is 2.15. The summed E-state index contributed by atoms with van der Waals surface area (Å²) in [5.41, 5.74) is 2.01. The van der Waals surface area contributed by atoms with Gasteiger partial charge >= 0.3 is 0 Å².